The Morgan fingerprint density at radius 3 is 1.96 bits per heavy atom. The molecule has 0 fully saturated rings. The molecule has 0 bridgehead atoms. The average molecular weight is 568 g/mol. The van der Waals surface area contributed by atoms with E-state index in [4.69, 9.17) is 14.2 Å². The molecule has 11 heteroatoms. The summed E-state index contributed by atoms with van der Waals surface area (Å²) in [4.78, 5) is 21.8. The molecule has 0 aromatic heterocycles. The Morgan fingerprint density at radius 2 is 1.43 bits per heavy atom. The average Bonchev–Trinajstić information content (AvgIpc) is 2.58. The molecule has 0 amide bonds. The fourth-order valence-electron chi connectivity index (χ4n) is 2.22. The van der Waals surface area contributed by atoms with Gasteiger partial charge in [0.25, 0.3) is 0 Å². The van der Waals surface area contributed by atoms with Crippen LogP contribution in [0.15, 0.2) is 30.3 Å². The Bertz CT molecular complexity index is 871. The van der Waals surface area contributed by atoms with Crippen molar-refractivity contribution in [1.82, 2.24) is 0 Å². The predicted molar refractivity (Wildman–Crippen MR) is 102 cm³/mol. The van der Waals surface area contributed by atoms with Crippen LogP contribution >= 0.6 is 30.4 Å². The second kappa shape index (κ2) is 13.8. The summed E-state index contributed by atoms with van der Waals surface area (Å²) in [5.74, 6) is 1.23. The first kappa shape index (κ1) is 29.5. The Labute approximate surface area is 262 Å². The maximum absolute atomic E-state index is 10.9. The van der Waals surface area contributed by atoms with Crippen LogP contribution in [0.1, 0.15) is 11.1 Å². The van der Waals surface area contributed by atoms with Crippen LogP contribution < -0.4 is 131 Å². The molecule has 140 valence electrons. The zero-order chi connectivity index (χ0) is 19.3. The van der Waals surface area contributed by atoms with Crippen LogP contribution in [0.25, 0.3) is 12.2 Å². The quantitative estimate of drug-likeness (QED) is 0.150. The van der Waals surface area contributed by atoms with E-state index in [9.17, 15) is 14.4 Å². The molecule has 7 nitrogen and oxygen atoms in total. The van der Waals surface area contributed by atoms with E-state index in [2.05, 4.69) is 27.1 Å². The molecule has 0 saturated heterocycles. The van der Waals surface area contributed by atoms with Gasteiger partial charge in [-0.2, -0.15) is 0 Å². The van der Waals surface area contributed by atoms with E-state index >= 15 is 0 Å². The van der Waals surface area contributed by atoms with Crippen molar-refractivity contribution in [3.63, 3.8) is 0 Å². The fraction of sp³-hybridized carbons (Fsp3) is 0.176. The van der Waals surface area contributed by atoms with E-state index in [0.717, 1.165) is 9.13 Å². The smallest absolute Gasteiger partial charge is 0.780 e. The molecule has 2 aromatic rings. The largest absolute Gasteiger partial charge is 1.00 e. The standard InChI is InChI=1S/C17H18IO7P.2K/c1-22-14-7-6-11(9-15(14)25-26(19,20)21)4-5-12-8-13(18)17(24-3)16(10-12)23-2;;/h4-10H,1-3H3,(H2,19,20,21);;/q;2*+1/p-2/b5-4-;;. The molecule has 0 aliphatic heterocycles. The Balaban J connectivity index is 0.00000364. The normalized spacial score (nSPS) is 10.6. The number of ether oxygens (including phenoxy) is 3. The summed E-state index contributed by atoms with van der Waals surface area (Å²) >= 11 is 2.14. The number of phosphoric acid groups is 1. The van der Waals surface area contributed by atoms with Crippen LogP contribution in [0.2, 0.25) is 0 Å². The molecule has 0 atom stereocenters. The maximum atomic E-state index is 10.9. The number of phosphoric ester groups is 1. The zero-order valence-electron chi connectivity index (χ0n) is 16.2. The molecule has 0 aliphatic rings. The van der Waals surface area contributed by atoms with Gasteiger partial charge in [0.05, 0.1) is 24.9 Å². The molecular weight excluding hydrogens is 552 g/mol. The molecule has 0 unspecified atom stereocenters. The van der Waals surface area contributed by atoms with E-state index in [1.165, 1.54) is 19.2 Å². The molecule has 0 heterocycles. The number of halogens is 1. The van der Waals surface area contributed by atoms with Gasteiger partial charge in [0.1, 0.15) is 7.82 Å². The van der Waals surface area contributed by atoms with E-state index in [1.807, 2.05) is 18.2 Å². The van der Waals surface area contributed by atoms with Crippen molar-refractivity contribution in [3.05, 3.63) is 45.0 Å². The summed E-state index contributed by atoms with van der Waals surface area (Å²) in [5, 5.41) is 0. The van der Waals surface area contributed by atoms with Gasteiger partial charge in [-0.15, -0.1) is 0 Å². The molecule has 2 aromatic carbocycles. The van der Waals surface area contributed by atoms with E-state index in [-0.39, 0.29) is 114 Å². The monoisotopic (exact) mass is 568 g/mol. The van der Waals surface area contributed by atoms with Gasteiger partial charge in [0.2, 0.25) is 0 Å². The van der Waals surface area contributed by atoms with Crippen LogP contribution in [-0.4, -0.2) is 21.3 Å². The molecular formula is C17H16IK2O7P. The molecule has 0 N–H and O–H groups in total. The Kier molecular flexibility index (Phi) is 14.6. The number of rotatable bonds is 7. The number of hydrogen-bond donors (Lipinski definition) is 0. The third-order valence-corrected chi connectivity index (χ3v) is 4.54. The molecule has 28 heavy (non-hydrogen) atoms. The molecule has 0 spiro atoms. The molecule has 0 saturated carbocycles. The Hall–Kier alpha value is 1.53. The second-order valence-electron chi connectivity index (χ2n) is 5.02. The van der Waals surface area contributed by atoms with Crippen LogP contribution in [0.5, 0.6) is 23.0 Å². The van der Waals surface area contributed by atoms with Gasteiger partial charge in [0, 0.05) is 0 Å². The van der Waals surface area contributed by atoms with Crippen molar-refractivity contribution in [2.24, 2.45) is 0 Å². The van der Waals surface area contributed by atoms with Crippen molar-refractivity contribution in [2.45, 2.75) is 0 Å². The summed E-state index contributed by atoms with van der Waals surface area (Å²) < 4.78 is 31.8. The van der Waals surface area contributed by atoms with E-state index < -0.39 is 7.82 Å². The van der Waals surface area contributed by atoms with Crippen molar-refractivity contribution < 1.29 is 136 Å². The second-order valence-corrected chi connectivity index (χ2v) is 7.26. The Morgan fingerprint density at radius 1 is 0.857 bits per heavy atom. The van der Waals surface area contributed by atoms with Gasteiger partial charge in [-0.3, -0.25) is 0 Å². The van der Waals surface area contributed by atoms with Gasteiger partial charge >= 0.3 is 103 Å². The maximum Gasteiger partial charge on any atom is 1.00 e. The minimum absolute atomic E-state index is 0. The van der Waals surface area contributed by atoms with Gasteiger partial charge in [-0.05, 0) is 58.0 Å². The van der Waals surface area contributed by atoms with Gasteiger partial charge in [-0.25, -0.2) is 0 Å². The summed E-state index contributed by atoms with van der Waals surface area (Å²) in [7, 11) is -0.713. The van der Waals surface area contributed by atoms with Gasteiger partial charge in [-0.1, -0.05) is 18.2 Å². The van der Waals surface area contributed by atoms with Crippen LogP contribution in [0, 0.1) is 3.57 Å². The number of benzene rings is 2. The van der Waals surface area contributed by atoms with E-state index in [0.29, 0.717) is 17.1 Å². The molecule has 0 radical (unpaired) electrons. The first-order valence-electron chi connectivity index (χ1n) is 7.26. The number of hydrogen-bond acceptors (Lipinski definition) is 7. The topological polar surface area (TPSA) is 100 Å². The fourth-order valence-corrected chi connectivity index (χ4v) is 3.44. The first-order chi connectivity index (χ1) is 12.3. The summed E-state index contributed by atoms with van der Waals surface area (Å²) in [5.41, 5.74) is 1.47. The van der Waals surface area contributed by atoms with Crippen molar-refractivity contribution in [1.29, 1.82) is 0 Å². The van der Waals surface area contributed by atoms with Crippen LogP contribution in [0.3, 0.4) is 0 Å². The van der Waals surface area contributed by atoms with Crippen LogP contribution in [-0.2, 0) is 4.57 Å². The van der Waals surface area contributed by atoms with Crippen molar-refractivity contribution in [3.8, 4) is 23.0 Å². The molecule has 2 rings (SSSR count). The van der Waals surface area contributed by atoms with Crippen molar-refractivity contribution >= 4 is 42.6 Å². The minimum Gasteiger partial charge on any atom is -0.780 e. The summed E-state index contributed by atoms with van der Waals surface area (Å²) in [6.07, 6.45) is 3.55. The molecule has 0 aliphatic carbocycles. The van der Waals surface area contributed by atoms with Crippen LogP contribution in [0.4, 0.5) is 0 Å². The number of methoxy groups -OCH3 is 3. The van der Waals surface area contributed by atoms with Gasteiger partial charge in [0.15, 0.2) is 23.0 Å². The zero-order valence-corrected chi connectivity index (χ0v) is 25.5. The predicted octanol–water partition coefficient (Wildman–Crippen LogP) is -3.30. The van der Waals surface area contributed by atoms with E-state index in [1.54, 1.807) is 26.4 Å². The third kappa shape index (κ3) is 8.95. The summed E-state index contributed by atoms with van der Waals surface area (Å²) in [6, 6.07) is 8.34. The SMILES string of the molecule is COc1ccc(/C=C\c2cc(I)c(OC)c(OC)c2)cc1OP(=O)([O-])[O-].[K+].[K+]. The minimum atomic E-state index is -5.19. The first-order valence-corrected chi connectivity index (χ1v) is 9.80. The van der Waals surface area contributed by atoms with Gasteiger partial charge < -0.3 is 33.1 Å². The third-order valence-electron chi connectivity index (χ3n) is 3.32. The van der Waals surface area contributed by atoms with Crippen molar-refractivity contribution in [2.75, 3.05) is 21.3 Å². The summed E-state index contributed by atoms with van der Waals surface area (Å²) in [6.45, 7) is 0.